The van der Waals surface area contributed by atoms with Crippen LogP contribution in [0.2, 0.25) is 0 Å². The summed E-state index contributed by atoms with van der Waals surface area (Å²) in [6.07, 6.45) is 3.92. The molecule has 1 saturated carbocycles. The average Bonchev–Trinajstić information content (AvgIpc) is 3.68. The van der Waals surface area contributed by atoms with Crippen LogP contribution in [0, 0.1) is 15.5 Å². The minimum Gasteiger partial charge on any atom is -0.486 e. The van der Waals surface area contributed by atoms with E-state index in [1.54, 1.807) is 30.3 Å². The summed E-state index contributed by atoms with van der Waals surface area (Å²) in [5.41, 5.74) is 2.09. The van der Waals surface area contributed by atoms with Crippen LogP contribution >= 0.6 is 11.9 Å². The molecule has 0 radical (unpaired) electrons. The van der Waals surface area contributed by atoms with E-state index in [-0.39, 0.29) is 28.0 Å². The van der Waals surface area contributed by atoms with E-state index in [2.05, 4.69) is 21.2 Å². The van der Waals surface area contributed by atoms with E-state index in [0.717, 1.165) is 31.5 Å². The Labute approximate surface area is 230 Å². The van der Waals surface area contributed by atoms with Crippen LogP contribution in [0.25, 0.3) is 5.69 Å². The number of carbonyl (C=O) groups is 1. The van der Waals surface area contributed by atoms with Crippen molar-refractivity contribution in [1.29, 1.82) is 0 Å². The second kappa shape index (κ2) is 11.2. The number of nitro benzene ring substituents is 1. The normalized spacial score (nSPS) is 16.6. The Morgan fingerprint density at radius 1 is 1.13 bits per heavy atom. The number of carbonyl (C=O) groups excluding carboxylic acids is 1. The molecular formula is C28H31N5O5S. The highest BCUT2D eigenvalue weighted by Gasteiger charge is 2.39. The Hall–Kier alpha value is -3.70. The van der Waals surface area contributed by atoms with Crippen LogP contribution in [0.1, 0.15) is 42.6 Å². The number of nitrogens with zero attached hydrogens (tertiary/aromatic N) is 5. The van der Waals surface area contributed by atoms with Gasteiger partial charge in [0.1, 0.15) is 5.69 Å². The largest absolute Gasteiger partial charge is 0.486 e. The number of nitro groups is 1. The topological polar surface area (TPSA) is 111 Å². The monoisotopic (exact) mass is 549 g/mol. The number of para-hydroxylation sites is 1. The molecule has 1 aromatic heterocycles. The molecule has 2 fully saturated rings. The lowest BCUT2D eigenvalue weighted by Gasteiger charge is -2.35. The molecule has 2 heterocycles. The lowest BCUT2D eigenvalue weighted by atomic mass is 10.1. The Balaban J connectivity index is 1.27. The summed E-state index contributed by atoms with van der Waals surface area (Å²) in [5, 5.41) is 15.7. The predicted molar refractivity (Wildman–Crippen MR) is 151 cm³/mol. The van der Waals surface area contributed by atoms with Crippen LogP contribution in [0.15, 0.2) is 59.5 Å². The fourth-order valence-electron chi connectivity index (χ4n) is 4.49. The molecule has 0 unspecified atom stereocenters. The first-order valence-corrected chi connectivity index (χ1v) is 13.9. The van der Waals surface area contributed by atoms with Gasteiger partial charge >= 0.3 is 5.56 Å². The van der Waals surface area contributed by atoms with Gasteiger partial charge < -0.3 is 9.64 Å². The molecule has 1 aliphatic carbocycles. The van der Waals surface area contributed by atoms with Gasteiger partial charge in [-0.1, -0.05) is 43.1 Å². The van der Waals surface area contributed by atoms with Crippen LogP contribution in [0.3, 0.4) is 0 Å². The molecule has 0 bridgehead atoms. The van der Waals surface area contributed by atoms with Gasteiger partial charge in [-0.05, 0) is 43.5 Å². The van der Waals surface area contributed by atoms with Crippen LogP contribution in [-0.4, -0.2) is 57.6 Å². The maximum Gasteiger partial charge on any atom is 0.316 e. The molecule has 3 aromatic rings. The van der Waals surface area contributed by atoms with Gasteiger partial charge in [0.2, 0.25) is 5.75 Å². The number of ether oxygens (including phenoxy) is 1. The number of hydrogen-bond donors (Lipinski definition) is 0. The number of aromatic nitrogens is 2. The lowest BCUT2D eigenvalue weighted by molar-refractivity contribution is -0.385. The van der Waals surface area contributed by atoms with E-state index < -0.39 is 4.92 Å². The van der Waals surface area contributed by atoms with E-state index in [9.17, 15) is 19.7 Å². The van der Waals surface area contributed by atoms with E-state index >= 15 is 0 Å². The summed E-state index contributed by atoms with van der Waals surface area (Å²) < 4.78 is 9.81. The molecule has 1 saturated heterocycles. The Bertz CT molecular complexity index is 1430. The summed E-state index contributed by atoms with van der Waals surface area (Å²) in [6, 6.07) is 14.1. The summed E-state index contributed by atoms with van der Waals surface area (Å²) in [5.74, 6) is 0.615. The Morgan fingerprint density at radius 3 is 2.49 bits per heavy atom. The minimum atomic E-state index is -0.525. The molecule has 0 atom stereocenters. The van der Waals surface area contributed by atoms with Crippen molar-refractivity contribution in [2.24, 2.45) is 5.41 Å². The Morgan fingerprint density at radius 2 is 1.85 bits per heavy atom. The number of benzene rings is 2. The van der Waals surface area contributed by atoms with Gasteiger partial charge in [0, 0.05) is 43.4 Å². The maximum atomic E-state index is 13.5. The first kappa shape index (κ1) is 26.9. The molecule has 0 spiro atoms. The molecule has 11 heteroatoms. The van der Waals surface area contributed by atoms with Gasteiger partial charge in [-0.2, -0.15) is 9.78 Å². The number of Topliss-reactive ketones (excluding diaryl/α,β-unsaturated/α-hetero) is 1. The zero-order chi connectivity index (χ0) is 27.6. The van der Waals surface area contributed by atoms with Crippen molar-refractivity contribution in [2.45, 2.75) is 32.4 Å². The number of anilines is 1. The number of ketones is 1. The van der Waals surface area contributed by atoms with Crippen molar-refractivity contribution in [3.05, 3.63) is 86.3 Å². The second-order valence-corrected chi connectivity index (χ2v) is 11.4. The predicted octanol–water partition coefficient (Wildman–Crippen LogP) is 4.49. The summed E-state index contributed by atoms with van der Waals surface area (Å²) in [6.45, 7) is 6.89. The molecule has 2 aromatic carbocycles. The molecule has 2 aliphatic rings. The van der Waals surface area contributed by atoms with Gasteiger partial charge in [-0.3, -0.25) is 19.7 Å². The molecule has 1 aliphatic heterocycles. The zero-order valence-electron chi connectivity index (χ0n) is 22.0. The SMILES string of the molecule is CC(=O)c1cc(CSN2CCN(c3cnn(-c4ccccc4)c(=O)c3OCC3(C)CC3)CC2)ccc1[N+](=O)[O-]. The van der Waals surface area contributed by atoms with E-state index in [1.807, 2.05) is 30.3 Å². The fraction of sp³-hybridized carbons (Fsp3) is 0.393. The van der Waals surface area contributed by atoms with Crippen LogP contribution in [-0.2, 0) is 5.75 Å². The van der Waals surface area contributed by atoms with Crippen molar-refractivity contribution < 1.29 is 14.5 Å². The van der Waals surface area contributed by atoms with Crippen molar-refractivity contribution in [2.75, 3.05) is 37.7 Å². The molecule has 204 valence electrons. The van der Waals surface area contributed by atoms with Crippen molar-refractivity contribution in [1.82, 2.24) is 14.1 Å². The quantitative estimate of drug-likeness (QED) is 0.156. The van der Waals surface area contributed by atoms with Crippen LogP contribution in [0.4, 0.5) is 11.4 Å². The third-order valence-corrected chi connectivity index (χ3v) is 8.41. The third kappa shape index (κ3) is 6.15. The van der Waals surface area contributed by atoms with Crippen molar-refractivity contribution in [3.8, 4) is 11.4 Å². The van der Waals surface area contributed by atoms with E-state index in [1.165, 1.54) is 17.7 Å². The summed E-state index contributed by atoms with van der Waals surface area (Å²) in [7, 11) is 0. The third-order valence-electron chi connectivity index (χ3n) is 7.21. The average molecular weight is 550 g/mol. The van der Waals surface area contributed by atoms with Gasteiger partial charge in [0.15, 0.2) is 5.78 Å². The molecule has 0 amide bonds. The first-order valence-electron chi connectivity index (χ1n) is 13.0. The van der Waals surface area contributed by atoms with E-state index in [0.29, 0.717) is 42.6 Å². The Kier molecular flexibility index (Phi) is 7.72. The zero-order valence-corrected chi connectivity index (χ0v) is 22.9. The van der Waals surface area contributed by atoms with Crippen LogP contribution in [0.5, 0.6) is 5.75 Å². The molecule has 5 rings (SSSR count). The standard InChI is InChI=1S/C28H31N5O5S/c1-20(34)23-16-21(8-9-24(23)33(36)37)18-39-31-14-12-30(13-15-31)25-17-29-32(22-6-4-3-5-7-22)27(35)26(25)38-19-28(2)10-11-28/h3-9,16-17H,10-15,18-19H2,1-2H3. The van der Waals surface area contributed by atoms with Gasteiger partial charge in [0.25, 0.3) is 5.69 Å². The summed E-state index contributed by atoms with van der Waals surface area (Å²) in [4.78, 5) is 38.2. The minimum absolute atomic E-state index is 0.125. The molecule has 39 heavy (non-hydrogen) atoms. The molecular weight excluding hydrogens is 518 g/mol. The summed E-state index contributed by atoms with van der Waals surface area (Å²) >= 11 is 1.62. The van der Waals surface area contributed by atoms with Gasteiger partial charge in [-0.25, -0.2) is 4.31 Å². The first-order chi connectivity index (χ1) is 18.7. The van der Waals surface area contributed by atoms with Gasteiger partial charge in [0.05, 0.1) is 29.0 Å². The highest BCUT2D eigenvalue weighted by molar-refractivity contribution is 7.96. The second-order valence-electron chi connectivity index (χ2n) is 10.4. The molecule has 10 nitrogen and oxygen atoms in total. The van der Waals surface area contributed by atoms with Gasteiger partial charge in [-0.15, -0.1) is 0 Å². The number of rotatable bonds is 10. The van der Waals surface area contributed by atoms with E-state index in [4.69, 9.17) is 4.74 Å². The number of hydrogen-bond acceptors (Lipinski definition) is 9. The maximum absolute atomic E-state index is 13.5. The van der Waals surface area contributed by atoms with Crippen molar-refractivity contribution in [3.63, 3.8) is 0 Å². The fourth-order valence-corrected chi connectivity index (χ4v) is 5.42. The highest BCUT2D eigenvalue weighted by Crippen LogP contribution is 2.45. The highest BCUT2D eigenvalue weighted by atomic mass is 32.2. The smallest absolute Gasteiger partial charge is 0.316 e. The van der Waals surface area contributed by atoms with Crippen molar-refractivity contribution >= 4 is 29.1 Å². The number of piperazine rings is 1. The van der Waals surface area contributed by atoms with Crippen LogP contribution < -0.4 is 15.2 Å². The molecule has 0 N–H and O–H groups in total. The lowest BCUT2D eigenvalue weighted by Crippen LogP contribution is -2.44.